The summed E-state index contributed by atoms with van der Waals surface area (Å²) in [5.74, 6) is 0.0233. The van der Waals surface area contributed by atoms with Crippen molar-refractivity contribution in [3.63, 3.8) is 0 Å². The van der Waals surface area contributed by atoms with Crippen LogP contribution in [0.15, 0.2) is 12.1 Å². The Labute approximate surface area is 109 Å². The third kappa shape index (κ3) is 2.27. The average molecular weight is 246 g/mol. The van der Waals surface area contributed by atoms with Crippen LogP contribution in [0.4, 0.5) is 0 Å². The number of hydrogen-bond donors (Lipinski definition) is 2. The van der Waals surface area contributed by atoms with Crippen molar-refractivity contribution in [2.24, 2.45) is 5.73 Å². The van der Waals surface area contributed by atoms with Gasteiger partial charge in [-0.2, -0.15) is 0 Å². The summed E-state index contributed by atoms with van der Waals surface area (Å²) in [7, 11) is 0. The first-order chi connectivity index (χ1) is 8.47. The molecule has 1 amide bonds. The number of carbonyl (C=O) groups excluding carboxylic acids is 1. The first-order valence-electron chi connectivity index (χ1n) is 6.58. The predicted octanol–water partition coefficient (Wildman–Crippen LogP) is 2.22. The molecule has 0 unspecified atom stereocenters. The van der Waals surface area contributed by atoms with Crippen LogP contribution in [0, 0.1) is 20.8 Å². The van der Waals surface area contributed by atoms with E-state index in [2.05, 4.69) is 24.4 Å². The molecule has 1 saturated carbocycles. The number of hydrogen-bond acceptors (Lipinski definition) is 2. The molecular formula is C15H22N2O. The van der Waals surface area contributed by atoms with E-state index in [-0.39, 0.29) is 11.4 Å². The summed E-state index contributed by atoms with van der Waals surface area (Å²) in [6.45, 7) is 6.56. The van der Waals surface area contributed by atoms with E-state index >= 15 is 0 Å². The molecule has 0 bridgehead atoms. The van der Waals surface area contributed by atoms with Crippen molar-refractivity contribution in [1.29, 1.82) is 0 Å². The molecule has 18 heavy (non-hydrogen) atoms. The van der Waals surface area contributed by atoms with Gasteiger partial charge in [-0.3, -0.25) is 4.79 Å². The van der Waals surface area contributed by atoms with E-state index in [0.717, 1.165) is 36.0 Å². The van der Waals surface area contributed by atoms with Gasteiger partial charge in [0.05, 0.1) is 5.54 Å². The van der Waals surface area contributed by atoms with Crippen LogP contribution in [0.25, 0.3) is 0 Å². The Kier molecular flexibility index (Phi) is 3.44. The summed E-state index contributed by atoms with van der Waals surface area (Å²) >= 11 is 0. The topological polar surface area (TPSA) is 55.1 Å². The van der Waals surface area contributed by atoms with E-state index in [1.807, 2.05) is 13.8 Å². The molecular weight excluding hydrogens is 224 g/mol. The van der Waals surface area contributed by atoms with Crippen LogP contribution in [-0.4, -0.2) is 18.0 Å². The van der Waals surface area contributed by atoms with Crippen LogP contribution < -0.4 is 11.1 Å². The van der Waals surface area contributed by atoms with Gasteiger partial charge in [0, 0.05) is 12.1 Å². The SMILES string of the molecule is Cc1cc(C)c(C(=O)NC2(CN)CCC2)c(C)c1. The molecule has 0 spiro atoms. The van der Waals surface area contributed by atoms with Crippen molar-refractivity contribution >= 4 is 5.91 Å². The molecule has 3 N–H and O–H groups in total. The zero-order chi connectivity index (χ0) is 13.3. The monoisotopic (exact) mass is 246 g/mol. The van der Waals surface area contributed by atoms with Crippen molar-refractivity contribution in [2.75, 3.05) is 6.54 Å². The van der Waals surface area contributed by atoms with Gasteiger partial charge in [-0.05, 0) is 51.2 Å². The number of aryl methyl sites for hydroxylation is 3. The quantitative estimate of drug-likeness (QED) is 0.859. The number of rotatable bonds is 3. The van der Waals surface area contributed by atoms with Crippen LogP contribution >= 0.6 is 0 Å². The van der Waals surface area contributed by atoms with Gasteiger partial charge in [-0.1, -0.05) is 17.7 Å². The number of nitrogens with two attached hydrogens (primary N) is 1. The lowest BCUT2D eigenvalue weighted by molar-refractivity contribution is 0.0836. The Balaban J connectivity index is 2.24. The summed E-state index contributed by atoms with van der Waals surface area (Å²) in [6.07, 6.45) is 3.15. The minimum atomic E-state index is -0.152. The van der Waals surface area contributed by atoms with E-state index < -0.39 is 0 Å². The van der Waals surface area contributed by atoms with Crippen LogP contribution in [0.2, 0.25) is 0 Å². The standard InChI is InChI=1S/C15H22N2O/c1-10-7-11(2)13(12(3)8-10)14(18)17-15(9-16)5-4-6-15/h7-8H,4-6,9,16H2,1-3H3,(H,17,18). The third-order valence-corrected chi connectivity index (χ3v) is 3.98. The largest absolute Gasteiger partial charge is 0.345 e. The van der Waals surface area contributed by atoms with E-state index in [9.17, 15) is 4.79 Å². The first kappa shape index (κ1) is 13.1. The molecule has 1 fully saturated rings. The molecule has 1 aromatic carbocycles. The van der Waals surface area contributed by atoms with Crippen LogP contribution in [-0.2, 0) is 0 Å². The van der Waals surface area contributed by atoms with Crippen molar-refractivity contribution in [1.82, 2.24) is 5.32 Å². The Morgan fingerprint density at radius 3 is 2.22 bits per heavy atom. The second kappa shape index (κ2) is 4.73. The van der Waals surface area contributed by atoms with E-state index in [1.165, 1.54) is 5.56 Å². The lowest BCUT2D eigenvalue weighted by Gasteiger charge is -2.41. The molecule has 0 saturated heterocycles. The van der Waals surface area contributed by atoms with Gasteiger partial charge < -0.3 is 11.1 Å². The maximum absolute atomic E-state index is 12.4. The van der Waals surface area contributed by atoms with Gasteiger partial charge in [0.2, 0.25) is 0 Å². The fraction of sp³-hybridized carbons (Fsp3) is 0.533. The first-order valence-corrected chi connectivity index (χ1v) is 6.58. The van der Waals surface area contributed by atoms with Crippen LogP contribution in [0.1, 0.15) is 46.3 Å². The third-order valence-electron chi connectivity index (χ3n) is 3.98. The molecule has 0 radical (unpaired) electrons. The molecule has 3 heteroatoms. The average Bonchev–Trinajstić information content (AvgIpc) is 2.21. The fourth-order valence-corrected chi connectivity index (χ4v) is 2.83. The lowest BCUT2D eigenvalue weighted by atomic mass is 9.76. The lowest BCUT2D eigenvalue weighted by Crippen LogP contribution is -2.58. The van der Waals surface area contributed by atoms with Gasteiger partial charge in [0.25, 0.3) is 5.91 Å². The summed E-state index contributed by atoms with van der Waals surface area (Å²) in [5, 5.41) is 3.13. The predicted molar refractivity (Wildman–Crippen MR) is 73.8 cm³/mol. The number of nitrogens with one attached hydrogen (secondary N) is 1. The maximum Gasteiger partial charge on any atom is 0.252 e. The van der Waals surface area contributed by atoms with Crippen molar-refractivity contribution in [3.05, 3.63) is 34.4 Å². The van der Waals surface area contributed by atoms with Crippen molar-refractivity contribution in [3.8, 4) is 0 Å². The Morgan fingerprint density at radius 2 is 1.83 bits per heavy atom. The molecule has 0 atom stereocenters. The molecule has 3 nitrogen and oxygen atoms in total. The Hall–Kier alpha value is -1.35. The zero-order valence-corrected chi connectivity index (χ0v) is 11.5. The fourth-order valence-electron chi connectivity index (χ4n) is 2.83. The molecule has 1 aromatic rings. The van der Waals surface area contributed by atoms with Crippen molar-refractivity contribution < 1.29 is 4.79 Å². The highest BCUT2D eigenvalue weighted by atomic mass is 16.1. The summed E-state index contributed by atoms with van der Waals surface area (Å²) < 4.78 is 0. The van der Waals surface area contributed by atoms with E-state index in [1.54, 1.807) is 0 Å². The number of carbonyl (C=O) groups is 1. The highest BCUT2D eigenvalue weighted by Gasteiger charge is 2.37. The highest BCUT2D eigenvalue weighted by Crippen LogP contribution is 2.31. The van der Waals surface area contributed by atoms with E-state index in [4.69, 9.17) is 5.73 Å². The molecule has 2 rings (SSSR count). The zero-order valence-electron chi connectivity index (χ0n) is 11.5. The molecule has 0 aliphatic heterocycles. The van der Waals surface area contributed by atoms with E-state index in [0.29, 0.717) is 6.54 Å². The highest BCUT2D eigenvalue weighted by molar-refractivity contribution is 5.97. The molecule has 1 aliphatic rings. The summed E-state index contributed by atoms with van der Waals surface area (Å²) in [4.78, 5) is 12.4. The van der Waals surface area contributed by atoms with Crippen LogP contribution in [0.5, 0.6) is 0 Å². The van der Waals surface area contributed by atoms with Crippen LogP contribution in [0.3, 0.4) is 0 Å². The van der Waals surface area contributed by atoms with Gasteiger partial charge in [0.15, 0.2) is 0 Å². The molecule has 98 valence electrons. The minimum Gasteiger partial charge on any atom is -0.345 e. The minimum absolute atomic E-state index is 0.0233. The Morgan fingerprint density at radius 1 is 1.28 bits per heavy atom. The van der Waals surface area contributed by atoms with Crippen molar-refractivity contribution in [2.45, 2.75) is 45.6 Å². The van der Waals surface area contributed by atoms with Gasteiger partial charge in [-0.15, -0.1) is 0 Å². The maximum atomic E-state index is 12.4. The molecule has 1 aliphatic carbocycles. The molecule has 0 heterocycles. The number of amides is 1. The summed E-state index contributed by atoms with van der Waals surface area (Å²) in [5.41, 5.74) is 9.70. The second-order valence-corrected chi connectivity index (χ2v) is 5.57. The summed E-state index contributed by atoms with van der Waals surface area (Å²) in [6, 6.07) is 4.11. The smallest absolute Gasteiger partial charge is 0.252 e. The normalized spacial score (nSPS) is 17.1. The Bertz CT molecular complexity index is 447. The van der Waals surface area contributed by atoms with Gasteiger partial charge >= 0.3 is 0 Å². The van der Waals surface area contributed by atoms with Gasteiger partial charge in [0.1, 0.15) is 0 Å². The second-order valence-electron chi connectivity index (χ2n) is 5.57. The molecule has 0 aromatic heterocycles. The van der Waals surface area contributed by atoms with Gasteiger partial charge in [-0.25, -0.2) is 0 Å². The number of benzene rings is 1.